The number of pyridine rings is 1. The Kier molecular flexibility index (Phi) is 6.45. The van der Waals surface area contributed by atoms with Crippen LogP contribution in [-0.4, -0.2) is 4.98 Å². The third-order valence-corrected chi connectivity index (χ3v) is 4.98. The molecule has 0 atom stereocenters. The van der Waals surface area contributed by atoms with Gasteiger partial charge in [0.15, 0.2) is 0 Å². The molecule has 0 aliphatic rings. The average Bonchev–Trinajstić information content (AvgIpc) is 2.74. The zero-order chi connectivity index (χ0) is 18.6. The molecule has 0 spiro atoms. The summed E-state index contributed by atoms with van der Waals surface area (Å²) in [7, 11) is 0. The van der Waals surface area contributed by atoms with Crippen LogP contribution in [0.3, 0.4) is 0 Å². The standard InChI is InChI=1S/C26H23N.Co/c1-3-23-25(21-15-9-5-10-16-21)26(22-17-11-6-12-18-22)24(19(2)27-23)20-13-7-4-8-14-20;/h4-18H,3H2,1-2H3;. The molecule has 0 aliphatic carbocycles. The molecule has 1 heterocycles. The Balaban J connectivity index is 0.00000225. The van der Waals surface area contributed by atoms with Crippen molar-refractivity contribution in [3.8, 4) is 33.4 Å². The number of hydrogen-bond donors (Lipinski definition) is 0. The van der Waals surface area contributed by atoms with Gasteiger partial charge in [0.25, 0.3) is 0 Å². The molecule has 3 aromatic carbocycles. The van der Waals surface area contributed by atoms with Gasteiger partial charge in [0.2, 0.25) is 0 Å². The van der Waals surface area contributed by atoms with E-state index in [1.165, 1.54) is 33.4 Å². The zero-order valence-electron chi connectivity index (χ0n) is 16.1. The fourth-order valence-corrected chi connectivity index (χ4v) is 3.79. The van der Waals surface area contributed by atoms with Crippen molar-refractivity contribution in [2.24, 2.45) is 0 Å². The SMILES string of the molecule is CCc1nc(C)c(-c2ccccc2)c(-c2ccccc2)c1-c1ccccc1.[Co]. The molecule has 0 N–H and O–H groups in total. The van der Waals surface area contributed by atoms with E-state index >= 15 is 0 Å². The first kappa shape index (κ1) is 20.1. The molecule has 4 rings (SSSR count). The minimum absolute atomic E-state index is 0. The van der Waals surface area contributed by atoms with Crippen molar-refractivity contribution >= 4 is 0 Å². The van der Waals surface area contributed by atoms with Crippen LogP contribution in [-0.2, 0) is 23.2 Å². The van der Waals surface area contributed by atoms with E-state index < -0.39 is 0 Å². The van der Waals surface area contributed by atoms with Gasteiger partial charge in [-0.05, 0) is 30.0 Å². The van der Waals surface area contributed by atoms with Crippen molar-refractivity contribution < 1.29 is 16.8 Å². The van der Waals surface area contributed by atoms with Gasteiger partial charge in [-0.1, -0.05) is 97.9 Å². The van der Waals surface area contributed by atoms with E-state index in [4.69, 9.17) is 4.98 Å². The van der Waals surface area contributed by atoms with E-state index in [0.717, 1.165) is 17.8 Å². The van der Waals surface area contributed by atoms with Gasteiger partial charge in [-0.15, -0.1) is 0 Å². The first-order chi connectivity index (χ1) is 13.3. The molecule has 28 heavy (non-hydrogen) atoms. The van der Waals surface area contributed by atoms with Gasteiger partial charge in [0, 0.05) is 44.9 Å². The first-order valence-corrected chi connectivity index (χ1v) is 9.49. The van der Waals surface area contributed by atoms with Crippen LogP contribution in [0.25, 0.3) is 33.4 Å². The summed E-state index contributed by atoms with van der Waals surface area (Å²) in [4.78, 5) is 5.03. The van der Waals surface area contributed by atoms with E-state index in [9.17, 15) is 0 Å². The van der Waals surface area contributed by atoms with Crippen LogP contribution in [0.2, 0.25) is 0 Å². The summed E-state index contributed by atoms with van der Waals surface area (Å²) in [6, 6.07) is 32.0. The molecule has 1 radical (unpaired) electrons. The van der Waals surface area contributed by atoms with E-state index in [1.54, 1.807) is 0 Å². The van der Waals surface area contributed by atoms with Gasteiger partial charge in [-0.2, -0.15) is 0 Å². The van der Waals surface area contributed by atoms with Gasteiger partial charge in [0.1, 0.15) is 0 Å². The second-order valence-electron chi connectivity index (χ2n) is 6.72. The van der Waals surface area contributed by atoms with E-state index in [0.29, 0.717) is 0 Å². The van der Waals surface area contributed by atoms with Gasteiger partial charge < -0.3 is 0 Å². The number of nitrogens with zero attached hydrogens (tertiary/aromatic N) is 1. The number of benzene rings is 3. The number of rotatable bonds is 4. The maximum Gasteiger partial charge on any atom is 0.0489 e. The summed E-state index contributed by atoms with van der Waals surface area (Å²) in [6.45, 7) is 4.31. The van der Waals surface area contributed by atoms with Crippen LogP contribution in [0.15, 0.2) is 91.0 Å². The Hall–Kier alpha value is -2.68. The predicted molar refractivity (Wildman–Crippen MR) is 115 cm³/mol. The molecule has 1 nitrogen and oxygen atoms in total. The molecule has 0 saturated heterocycles. The van der Waals surface area contributed by atoms with Gasteiger partial charge in [-0.3, -0.25) is 4.98 Å². The number of aromatic nitrogens is 1. The smallest absolute Gasteiger partial charge is 0.0489 e. The molecule has 0 amide bonds. The monoisotopic (exact) mass is 408 g/mol. The van der Waals surface area contributed by atoms with E-state index in [1.807, 2.05) is 0 Å². The minimum Gasteiger partial charge on any atom is -0.257 e. The normalized spacial score (nSPS) is 10.4. The van der Waals surface area contributed by atoms with Gasteiger partial charge in [-0.25, -0.2) is 0 Å². The van der Waals surface area contributed by atoms with Crippen LogP contribution in [0.5, 0.6) is 0 Å². The Morgan fingerprint density at radius 3 is 1.39 bits per heavy atom. The fourth-order valence-electron chi connectivity index (χ4n) is 3.79. The molecule has 1 aromatic heterocycles. The largest absolute Gasteiger partial charge is 0.257 e. The molecule has 141 valence electrons. The second-order valence-corrected chi connectivity index (χ2v) is 6.72. The summed E-state index contributed by atoms with van der Waals surface area (Å²) < 4.78 is 0. The van der Waals surface area contributed by atoms with Crippen molar-refractivity contribution in [1.29, 1.82) is 0 Å². The molecule has 0 aliphatic heterocycles. The molecule has 0 saturated carbocycles. The first-order valence-electron chi connectivity index (χ1n) is 9.49. The summed E-state index contributed by atoms with van der Waals surface area (Å²) in [5.74, 6) is 0. The molecular weight excluding hydrogens is 385 g/mol. The third-order valence-electron chi connectivity index (χ3n) is 4.98. The molecule has 2 heteroatoms. The van der Waals surface area contributed by atoms with E-state index in [-0.39, 0.29) is 16.8 Å². The van der Waals surface area contributed by atoms with Crippen LogP contribution in [0.1, 0.15) is 18.3 Å². The summed E-state index contributed by atoms with van der Waals surface area (Å²) in [6.07, 6.45) is 0.903. The molecule has 0 bridgehead atoms. The zero-order valence-corrected chi connectivity index (χ0v) is 17.2. The predicted octanol–water partition coefficient (Wildman–Crippen LogP) is 6.95. The Labute approximate surface area is 177 Å². The number of aryl methyl sites for hydroxylation is 2. The van der Waals surface area contributed by atoms with Crippen LogP contribution in [0, 0.1) is 6.92 Å². The number of hydrogen-bond acceptors (Lipinski definition) is 1. The summed E-state index contributed by atoms with van der Waals surface area (Å²) in [5, 5.41) is 0. The maximum absolute atomic E-state index is 5.03. The average molecular weight is 408 g/mol. The molecule has 4 aromatic rings. The Morgan fingerprint density at radius 1 is 0.571 bits per heavy atom. The third kappa shape index (κ3) is 3.79. The summed E-state index contributed by atoms with van der Waals surface area (Å²) >= 11 is 0. The van der Waals surface area contributed by atoms with Crippen molar-refractivity contribution in [2.45, 2.75) is 20.3 Å². The van der Waals surface area contributed by atoms with E-state index in [2.05, 4.69) is 105 Å². The topological polar surface area (TPSA) is 12.9 Å². The van der Waals surface area contributed by atoms with Crippen molar-refractivity contribution in [3.05, 3.63) is 102 Å². The minimum atomic E-state index is 0. The Morgan fingerprint density at radius 2 is 0.964 bits per heavy atom. The van der Waals surface area contributed by atoms with Crippen LogP contribution >= 0.6 is 0 Å². The Bertz CT molecular complexity index is 1040. The van der Waals surface area contributed by atoms with Gasteiger partial charge >= 0.3 is 0 Å². The van der Waals surface area contributed by atoms with Gasteiger partial charge in [0.05, 0.1) is 0 Å². The quantitative estimate of drug-likeness (QED) is 0.356. The van der Waals surface area contributed by atoms with Crippen molar-refractivity contribution in [3.63, 3.8) is 0 Å². The molecule has 0 fully saturated rings. The fraction of sp³-hybridized carbons (Fsp3) is 0.115. The second kappa shape index (κ2) is 9.00. The van der Waals surface area contributed by atoms with Crippen molar-refractivity contribution in [1.82, 2.24) is 4.98 Å². The van der Waals surface area contributed by atoms with Crippen LogP contribution < -0.4 is 0 Å². The molecule has 0 unspecified atom stereocenters. The maximum atomic E-state index is 5.03. The molecular formula is C26H23CoN. The van der Waals surface area contributed by atoms with Crippen molar-refractivity contribution in [2.75, 3.05) is 0 Å². The summed E-state index contributed by atoms with van der Waals surface area (Å²) in [5.41, 5.74) is 9.63. The van der Waals surface area contributed by atoms with Crippen LogP contribution in [0.4, 0.5) is 0 Å².